The van der Waals surface area contributed by atoms with E-state index in [1.165, 1.54) is 24.2 Å². The van der Waals surface area contributed by atoms with Crippen molar-refractivity contribution < 1.29 is 9.90 Å². The summed E-state index contributed by atoms with van der Waals surface area (Å²) in [7, 11) is 0. The minimum atomic E-state index is -0.0442. The van der Waals surface area contributed by atoms with Crippen LogP contribution in [0.15, 0.2) is 11.4 Å². The highest BCUT2D eigenvalue weighted by molar-refractivity contribution is 7.12. The van der Waals surface area contributed by atoms with E-state index < -0.39 is 0 Å². The van der Waals surface area contributed by atoms with Gasteiger partial charge in [0.05, 0.1) is 6.61 Å². The molecular weight excluding hydrogens is 270 g/mol. The van der Waals surface area contributed by atoms with E-state index in [0.29, 0.717) is 11.3 Å². The quantitative estimate of drug-likeness (QED) is 0.599. The predicted molar refractivity (Wildman–Crippen MR) is 84.0 cm³/mol. The smallest absolute Gasteiger partial charge is 0.262 e. The van der Waals surface area contributed by atoms with Gasteiger partial charge in [-0.3, -0.25) is 4.79 Å². The number of rotatable bonds is 7. The Morgan fingerprint density at radius 3 is 3.00 bits per heavy atom. The first kappa shape index (κ1) is 16.7. The van der Waals surface area contributed by atoms with E-state index in [4.69, 9.17) is 5.11 Å². The SMILES string of the molecule is CCCCCC(C)NC(=O)c1sccc1C#CCCO. The van der Waals surface area contributed by atoms with Gasteiger partial charge in [-0.2, -0.15) is 0 Å². The van der Waals surface area contributed by atoms with Crippen LogP contribution in [0.2, 0.25) is 0 Å². The van der Waals surface area contributed by atoms with Crippen molar-refractivity contribution in [1.29, 1.82) is 0 Å². The van der Waals surface area contributed by atoms with Gasteiger partial charge in [0.1, 0.15) is 4.88 Å². The molecule has 0 saturated heterocycles. The number of hydrogen-bond acceptors (Lipinski definition) is 3. The van der Waals surface area contributed by atoms with Gasteiger partial charge in [0.2, 0.25) is 0 Å². The maximum Gasteiger partial charge on any atom is 0.262 e. The molecule has 1 rings (SSSR count). The van der Waals surface area contributed by atoms with Gasteiger partial charge in [-0.25, -0.2) is 0 Å². The molecular formula is C16H23NO2S. The molecule has 1 aromatic heterocycles. The van der Waals surface area contributed by atoms with Gasteiger partial charge in [-0.1, -0.05) is 38.0 Å². The number of unbranched alkanes of at least 4 members (excludes halogenated alkanes) is 2. The summed E-state index contributed by atoms with van der Waals surface area (Å²) >= 11 is 1.41. The number of carbonyl (C=O) groups excluding carboxylic acids is 1. The molecule has 1 atom stereocenters. The Morgan fingerprint density at radius 1 is 1.50 bits per heavy atom. The van der Waals surface area contributed by atoms with Crippen LogP contribution >= 0.6 is 11.3 Å². The first-order valence-electron chi connectivity index (χ1n) is 7.17. The lowest BCUT2D eigenvalue weighted by Gasteiger charge is -2.13. The number of thiophene rings is 1. The molecule has 1 heterocycles. The van der Waals surface area contributed by atoms with Crippen LogP contribution in [0, 0.1) is 11.8 Å². The summed E-state index contributed by atoms with van der Waals surface area (Å²) in [6, 6.07) is 2.04. The maximum atomic E-state index is 12.2. The first-order valence-corrected chi connectivity index (χ1v) is 8.05. The molecule has 3 nitrogen and oxygen atoms in total. The molecule has 1 aromatic rings. The second-order valence-electron chi connectivity index (χ2n) is 4.81. The molecule has 0 aromatic carbocycles. The Balaban J connectivity index is 2.55. The van der Waals surface area contributed by atoms with Crippen LogP contribution in [0.3, 0.4) is 0 Å². The summed E-state index contributed by atoms with van der Waals surface area (Å²) in [5.74, 6) is 5.75. The molecule has 0 spiro atoms. The van der Waals surface area contributed by atoms with Crippen LogP contribution in [0.25, 0.3) is 0 Å². The third-order valence-corrected chi connectivity index (χ3v) is 3.86. The fraction of sp³-hybridized carbons (Fsp3) is 0.562. The van der Waals surface area contributed by atoms with Crippen molar-refractivity contribution in [2.45, 2.75) is 52.0 Å². The van der Waals surface area contributed by atoms with Crippen molar-refractivity contribution in [2.75, 3.05) is 6.61 Å². The number of nitrogens with one attached hydrogen (secondary N) is 1. The number of carbonyl (C=O) groups is 1. The topological polar surface area (TPSA) is 49.3 Å². The molecule has 0 aliphatic carbocycles. The van der Waals surface area contributed by atoms with Gasteiger partial charge in [0.25, 0.3) is 5.91 Å². The van der Waals surface area contributed by atoms with Crippen molar-refractivity contribution >= 4 is 17.2 Å². The van der Waals surface area contributed by atoms with E-state index in [2.05, 4.69) is 24.1 Å². The molecule has 0 saturated carbocycles. The summed E-state index contributed by atoms with van der Waals surface area (Å²) in [6.45, 7) is 4.26. The van der Waals surface area contributed by atoms with Gasteiger partial charge in [0, 0.05) is 18.0 Å². The summed E-state index contributed by atoms with van der Waals surface area (Å²) in [6.07, 6.45) is 4.99. The van der Waals surface area contributed by atoms with Crippen LogP contribution in [-0.2, 0) is 0 Å². The van der Waals surface area contributed by atoms with Crippen LogP contribution < -0.4 is 5.32 Å². The average molecular weight is 293 g/mol. The zero-order chi connectivity index (χ0) is 14.8. The molecule has 0 fully saturated rings. The van der Waals surface area contributed by atoms with E-state index in [9.17, 15) is 4.79 Å². The highest BCUT2D eigenvalue weighted by Gasteiger charge is 2.14. The van der Waals surface area contributed by atoms with E-state index in [0.717, 1.165) is 18.4 Å². The van der Waals surface area contributed by atoms with E-state index >= 15 is 0 Å². The fourth-order valence-corrected chi connectivity index (χ4v) is 2.61. The van der Waals surface area contributed by atoms with Crippen molar-refractivity contribution in [3.8, 4) is 11.8 Å². The van der Waals surface area contributed by atoms with Crippen molar-refractivity contribution in [3.63, 3.8) is 0 Å². The lowest BCUT2D eigenvalue weighted by atomic mass is 10.1. The van der Waals surface area contributed by atoms with Gasteiger partial charge in [-0.05, 0) is 24.8 Å². The van der Waals surface area contributed by atoms with Gasteiger partial charge >= 0.3 is 0 Å². The molecule has 0 aliphatic heterocycles. The van der Waals surface area contributed by atoms with E-state index in [1.807, 2.05) is 18.4 Å². The number of aliphatic hydroxyl groups is 1. The Labute approximate surface area is 125 Å². The Hall–Kier alpha value is -1.31. The summed E-state index contributed by atoms with van der Waals surface area (Å²) in [4.78, 5) is 12.8. The maximum absolute atomic E-state index is 12.2. The third kappa shape index (κ3) is 5.77. The third-order valence-electron chi connectivity index (χ3n) is 2.95. The minimum absolute atomic E-state index is 0.0442. The summed E-state index contributed by atoms with van der Waals surface area (Å²) in [5.41, 5.74) is 0.752. The van der Waals surface area contributed by atoms with Crippen LogP contribution in [-0.4, -0.2) is 23.7 Å². The summed E-state index contributed by atoms with van der Waals surface area (Å²) in [5, 5.41) is 13.6. The monoisotopic (exact) mass is 293 g/mol. The normalized spacial score (nSPS) is 11.6. The molecule has 4 heteroatoms. The zero-order valence-electron chi connectivity index (χ0n) is 12.2. The molecule has 110 valence electrons. The Morgan fingerprint density at radius 2 is 2.30 bits per heavy atom. The van der Waals surface area contributed by atoms with Crippen molar-refractivity contribution in [1.82, 2.24) is 5.32 Å². The molecule has 0 bridgehead atoms. The highest BCUT2D eigenvalue weighted by atomic mass is 32.1. The molecule has 1 amide bonds. The van der Waals surface area contributed by atoms with Crippen molar-refractivity contribution in [2.24, 2.45) is 0 Å². The molecule has 0 radical (unpaired) electrons. The second kappa shape index (κ2) is 9.57. The van der Waals surface area contributed by atoms with Gasteiger partial charge in [0.15, 0.2) is 0 Å². The van der Waals surface area contributed by atoms with E-state index in [-0.39, 0.29) is 18.6 Å². The number of amides is 1. The van der Waals surface area contributed by atoms with Crippen molar-refractivity contribution in [3.05, 3.63) is 21.9 Å². The Kier molecular flexibility index (Phi) is 8.01. The van der Waals surface area contributed by atoms with E-state index in [1.54, 1.807) is 0 Å². The largest absolute Gasteiger partial charge is 0.395 e. The molecule has 1 unspecified atom stereocenters. The Bertz CT molecular complexity index is 470. The lowest BCUT2D eigenvalue weighted by molar-refractivity contribution is 0.0942. The average Bonchev–Trinajstić information content (AvgIpc) is 2.88. The predicted octanol–water partition coefficient (Wildman–Crippen LogP) is 3.18. The second-order valence-corrected chi connectivity index (χ2v) is 5.73. The number of hydrogen-bond donors (Lipinski definition) is 2. The van der Waals surface area contributed by atoms with Crippen LogP contribution in [0.1, 0.15) is 61.2 Å². The molecule has 2 N–H and O–H groups in total. The minimum Gasteiger partial charge on any atom is -0.395 e. The molecule has 20 heavy (non-hydrogen) atoms. The summed E-state index contributed by atoms with van der Waals surface area (Å²) < 4.78 is 0. The standard InChI is InChI=1S/C16H23NO2S/c1-3-4-5-8-13(2)17-16(19)15-14(10-12-20-15)9-6-7-11-18/h10,12-13,18H,3-5,7-8,11H2,1-2H3,(H,17,19). The van der Waals surface area contributed by atoms with Gasteiger partial charge in [-0.15, -0.1) is 11.3 Å². The molecule has 0 aliphatic rings. The zero-order valence-corrected chi connectivity index (χ0v) is 13.1. The van der Waals surface area contributed by atoms with Gasteiger partial charge < -0.3 is 10.4 Å². The fourth-order valence-electron chi connectivity index (χ4n) is 1.86. The lowest BCUT2D eigenvalue weighted by Crippen LogP contribution is -2.32. The van der Waals surface area contributed by atoms with Crippen LogP contribution in [0.5, 0.6) is 0 Å². The number of aliphatic hydroxyl groups excluding tert-OH is 1. The first-order chi connectivity index (χ1) is 9.69. The van der Waals surface area contributed by atoms with Crippen LogP contribution in [0.4, 0.5) is 0 Å². The highest BCUT2D eigenvalue weighted by Crippen LogP contribution is 2.16.